The summed E-state index contributed by atoms with van der Waals surface area (Å²) in [5.74, 6) is -1.77. The summed E-state index contributed by atoms with van der Waals surface area (Å²) in [4.78, 5) is 105. The molecule has 0 radical (unpaired) electrons. The van der Waals surface area contributed by atoms with Gasteiger partial charge in [-0.1, -0.05) is 235 Å². The normalized spacial score (nSPS) is 18.9. The van der Waals surface area contributed by atoms with Crippen LogP contribution in [0.3, 0.4) is 0 Å². The van der Waals surface area contributed by atoms with Gasteiger partial charge in [-0.2, -0.15) is 0 Å². The van der Waals surface area contributed by atoms with Gasteiger partial charge in [-0.25, -0.2) is 0 Å². The number of amides is 4. The number of imide groups is 2. The summed E-state index contributed by atoms with van der Waals surface area (Å²) >= 11 is 0. The Balaban J connectivity index is 0.000000405. The van der Waals surface area contributed by atoms with Crippen LogP contribution in [0.25, 0.3) is 21.5 Å². The molecule has 4 amide bonds. The largest absolute Gasteiger partial charge is 0.275 e. The zero-order valence-electron chi connectivity index (χ0n) is 50.3. The predicted molar refractivity (Wildman–Crippen MR) is 324 cm³/mol. The van der Waals surface area contributed by atoms with Gasteiger partial charge in [-0.3, -0.25) is 57.3 Å². The first kappa shape index (κ1) is 67.5. The topological polar surface area (TPSA) is 153 Å². The van der Waals surface area contributed by atoms with E-state index in [1.165, 1.54) is 209 Å². The lowest BCUT2D eigenvalue weighted by molar-refractivity contribution is -0.139. The number of rotatable bonds is 28. The van der Waals surface area contributed by atoms with E-state index >= 15 is 0 Å². The van der Waals surface area contributed by atoms with Crippen LogP contribution in [0.4, 0.5) is 0 Å². The molecule has 2 fully saturated rings. The van der Waals surface area contributed by atoms with Gasteiger partial charge >= 0.3 is 0 Å². The zero-order chi connectivity index (χ0) is 57.2. The van der Waals surface area contributed by atoms with Crippen molar-refractivity contribution in [2.45, 2.75) is 274 Å². The summed E-state index contributed by atoms with van der Waals surface area (Å²) in [5.41, 5.74) is -2.10. The van der Waals surface area contributed by atoms with Crippen molar-refractivity contribution in [2.75, 3.05) is 13.1 Å². The van der Waals surface area contributed by atoms with Crippen LogP contribution in [0.15, 0.2) is 55.6 Å². The number of hydrogen-bond acceptors (Lipinski definition) is 8. The number of unbranched alkanes of at least 4 members (excludes halogenated alkanes) is 20. The second-order valence-corrected chi connectivity index (χ2v) is 22.9. The number of hydrogen-bond donors (Lipinski definition) is 0. The van der Waals surface area contributed by atoms with E-state index in [2.05, 4.69) is 55.4 Å². The third-order valence-electron chi connectivity index (χ3n) is 16.5. The fourth-order valence-corrected chi connectivity index (χ4v) is 11.5. The summed E-state index contributed by atoms with van der Waals surface area (Å²) in [6.45, 7) is 18.7. The van der Waals surface area contributed by atoms with Crippen molar-refractivity contribution in [2.24, 2.45) is 23.7 Å². The number of fused-ring (bicyclic) bond motifs is 2. The average molecular weight is 1080 g/mol. The average Bonchev–Trinajstić information content (AvgIpc) is 4.13. The van der Waals surface area contributed by atoms with Crippen LogP contribution in [-0.4, -0.2) is 55.7 Å². The lowest BCUT2D eigenvalue weighted by Crippen LogP contribution is -2.41. The van der Waals surface area contributed by atoms with Crippen LogP contribution in [0.1, 0.15) is 261 Å². The van der Waals surface area contributed by atoms with E-state index in [1.54, 1.807) is 0 Å². The summed E-state index contributed by atoms with van der Waals surface area (Å²) in [6.07, 6.45) is 45.6. The highest BCUT2D eigenvalue weighted by atomic mass is 16.2. The standard InChI is InChI=1S/C34H34N4O8.2C9H20.2C7H16/c39-27-9-10-28(40)35(27)15-19-5-1-3-7-21(19)17-37-31(43)23-13-25-26(14-24(23)32(37)44)34(46)38(33(25)45)18-22-8-4-2-6-20(22)16-36-29(41)11-12-30(36)42;2*1-3-5-7-9-8-6-4-2;2*1-3-5-7-6-4-2/h9-14,19-22H,1-8,15-18H2;2*3-9H2,1-2H3;2*3-7H2,1-2H3. The van der Waals surface area contributed by atoms with E-state index in [4.69, 9.17) is 0 Å². The maximum Gasteiger partial charge on any atom is 0.261 e. The van der Waals surface area contributed by atoms with Gasteiger partial charge in [0.2, 0.25) is 0 Å². The van der Waals surface area contributed by atoms with E-state index in [1.807, 2.05) is 0 Å². The van der Waals surface area contributed by atoms with E-state index in [-0.39, 0.29) is 95.0 Å². The molecule has 2 aromatic heterocycles. The highest BCUT2D eigenvalue weighted by Crippen LogP contribution is 2.34. The molecule has 0 bridgehead atoms. The van der Waals surface area contributed by atoms with Crippen LogP contribution < -0.4 is 22.2 Å². The summed E-state index contributed by atoms with van der Waals surface area (Å²) < 4.78 is 2.34. The monoisotopic (exact) mass is 1080 g/mol. The first-order valence-electron chi connectivity index (χ1n) is 31.8. The number of carbonyl (C=O) groups is 4. The molecule has 2 saturated carbocycles. The lowest BCUT2D eigenvalue weighted by Gasteiger charge is -2.33. The Morgan fingerprint density at radius 1 is 0.295 bits per heavy atom. The Bertz CT molecular complexity index is 2200. The van der Waals surface area contributed by atoms with E-state index in [0.717, 1.165) is 51.4 Å². The SMILES string of the molecule is CCCCCCC.CCCCCCC.CCCCCCCCC.CCCCCCCCC.O=C1C=CC(=O)N1CC1CCCCC1Cn1c(=O)c2cc3c(=O)n(CC4CCCCC4CN4C(=O)C=CC4=O)c(=O)c3cc2c1=O. The molecule has 7 rings (SSSR count). The molecule has 4 heterocycles. The quantitative estimate of drug-likeness (QED) is 0.0514. The molecule has 4 atom stereocenters. The number of benzene rings is 1. The molecular weight excluding hydrogens is 977 g/mol. The Hall–Kier alpha value is -4.74. The molecule has 3 aromatic rings. The molecule has 12 heteroatoms. The molecule has 12 nitrogen and oxygen atoms in total. The Morgan fingerprint density at radius 3 is 0.705 bits per heavy atom. The molecule has 0 saturated heterocycles. The first-order chi connectivity index (χ1) is 37.8. The van der Waals surface area contributed by atoms with Gasteiger partial charge in [0.1, 0.15) is 0 Å². The van der Waals surface area contributed by atoms with Crippen molar-refractivity contribution >= 4 is 45.2 Å². The highest BCUT2D eigenvalue weighted by molar-refractivity contribution is 6.13. The van der Waals surface area contributed by atoms with E-state index in [9.17, 15) is 38.4 Å². The van der Waals surface area contributed by atoms with Crippen molar-refractivity contribution in [3.8, 4) is 0 Å². The van der Waals surface area contributed by atoms with Gasteiger partial charge in [0.05, 0.1) is 21.5 Å². The van der Waals surface area contributed by atoms with Crippen LogP contribution in [-0.2, 0) is 32.3 Å². The van der Waals surface area contributed by atoms with E-state index in [0.29, 0.717) is 0 Å². The number of aromatic nitrogens is 2. The van der Waals surface area contributed by atoms with Gasteiger partial charge in [0.15, 0.2) is 0 Å². The van der Waals surface area contributed by atoms with Gasteiger partial charge < -0.3 is 0 Å². The van der Waals surface area contributed by atoms with Crippen molar-refractivity contribution in [1.82, 2.24) is 18.9 Å². The van der Waals surface area contributed by atoms with E-state index < -0.39 is 22.2 Å². The maximum atomic E-state index is 13.6. The number of nitrogens with zero attached hydrogens (tertiary/aromatic N) is 4. The molecular formula is C66H106N4O8. The summed E-state index contributed by atoms with van der Waals surface area (Å²) in [6, 6.07) is 2.73. The highest BCUT2D eigenvalue weighted by Gasteiger charge is 2.35. The van der Waals surface area contributed by atoms with Gasteiger partial charge in [-0.15, -0.1) is 0 Å². The first-order valence-corrected chi connectivity index (χ1v) is 31.8. The number of carbonyl (C=O) groups excluding carboxylic acids is 4. The van der Waals surface area contributed by atoms with Crippen LogP contribution in [0.5, 0.6) is 0 Å². The second-order valence-electron chi connectivity index (χ2n) is 22.9. The van der Waals surface area contributed by atoms with Crippen molar-refractivity contribution in [3.63, 3.8) is 0 Å². The van der Waals surface area contributed by atoms with Crippen molar-refractivity contribution in [3.05, 3.63) is 77.9 Å². The third kappa shape index (κ3) is 21.7. The maximum absolute atomic E-state index is 13.6. The minimum Gasteiger partial charge on any atom is -0.275 e. The predicted octanol–water partition coefficient (Wildman–Crippen LogP) is 14.8. The molecule has 1 aromatic carbocycles. The zero-order valence-corrected chi connectivity index (χ0v) is 50.3. The van der Waals surface area contributed by atoms with Gasteiger partial charge in [0.25, 0.3) is 45.9 Å². The van der Waals surface area contributed by atoms with Crippen LogP contribution in [0.2, 0.25) is 0 Å². The smallest absolute Gasteiger partial charge is 0.261 e. The molecule has 2 aliphatic heterocycles. The molecule has 0 N–H and O–H groups in total. The minimum absolute atomic E-state index is 0.0610. The Labute approximate surface area is 470 Å². The fraction of sp³-hybridized carbons (Fsp3) is 0.727. The third-order valence-corrected chi connectivity index (χ3v) is 16.5. The summed E-state index contributed by atoms with van der Waals surface area (Å²) in [5, 5.41) is 0.342. The van der Waals surface area contributed by atoms with Crippen molar-refractivity contribution < 1.29 is 19.2 Å². The van der Waals surface area contributed by atoms with Gasteiger partial charge in [-0.05, 0) is 61.5 Å². The second kappa shape index (κ2) is 38.8. The van der Waals surface area contributed by atoms with Gasteiger partial charge in [0, 0.05) is 50.5 Å². The Morgan fingerprint density at radius 2 is 0.487 bits per heavy atom. The van der Waals surface area contributed by atoms with Crippen LogP contribution >= 0.6 is 0 Å². The molecule has 4 unspecified atom stereocenters. The molecule has 4 aliphatic rings. The molecule has 0 spiro atoms. The lowest BCUT2D eigenvalue weighted by atomic mass is 9.78. The minimum atomic E-state index is -0.526. The molecule has 78 heavy (non-hydrogen) atoms. The molecule has 438 valence electrons. The van der Waals surface area contributed by atoms with Crippen LogP contribution in [0, 0.1) is 23.7 Å². The Kier molecular flexibility index (Phi) is 33.6. The molecule has 2 aliphatic carbocycles. The summed E-state index contributed by atoms with van der Waals surface area (Å²) in [7, 11) is 0. The fourth-order valence-electron chi connectivity index (χ4n) is 11.5. The van der Waals surface area contributed by atoms with Crippen molar-refractivity contribution in [1.29, 1.82) is 0 Å².